The van der Waals surface area contributed by atoms with E-state index in [1.807, 2.05) is 30.3 Å². The van der Waals surface area contributed by atoms with Crippen LogP contribution in [0.2, 0.25) is 0 Å². The van der Waals surface area contributed by atoms with Crippen LogP contribution in [0.1, 0.15) is 49.0 Å². The lowest BCUT2D eigenvalue weighted by Crippen LogP contribution is -2.00. The molecule has 0 saturated carbocycles. The van der Waals surface area contributed by atoms with E-state index < -0.39 is 6.10 Å². The first-order valence-electron chi connectivity index (χ1n) is 7.95. The molecule has 3 aromatic rings. The third kappa shape index (κ3) is 2.90. The molecule has 1 N–H and O–H groups in total. The average Bonchev–Trinajstić information content (AvgIpc) is 2.60. The van der Waals surface area contributed by atoms with Gasteiger partial charge in [0.05, 0.1) is 0 Å². The smallest absolute Gasteiger partial charge is 0.104 e. The molecule has 0 spiro atoms. The van der Waals surface area contributed by atoms with Gasteiger partial charge >= 0.3 is 0 Å². The van der Waals surface area contributed by atoms with Crippen molar-refractivity contribution < 1.29 is 5.11 Å². The molecule has 0 bridgehead atoms. The van der Waals surface area contributed by atoms with Gasteiger partial charge in [0, 0.05) is 0 Å². The second kappa shape index (κ2) is 6.33. The maximum atomic E-state index is 10.6. The molecule has 2 unspecified atom stereocenters. The van der Waals surface area contributed by atoms with Gasteiger partial charge in [0.1, 0.15) is 6.10 Å². The molecule has 0 saturated heterocycles. The second-order valence-corrected chi connectivity index (χ2v) is 5.99. The Morgan fingerprint density at radius 3 is 2.05 bits per heavy atom. The molecule has 112 valence electrons. The summed E-state index contributed by atoms with van der Waals surface area (Å²) in [5.41, 5.74) is 3.22. The highest BCUT2D eigenvalue weighted by Gasteiger charge is 2.11. The van der Waals surface area contributed by atoms with Crippen LogP contribution in [0.15, 0.2) is 66.7 Å². The highest BCUT2D eigenvalue weighted by atomic mass is 16.3. The van der Waals surface area contributed by atoms with Crippen LogP contribution < -0.4 is 0 Å². The Bertz CT molecular complexity index is 758. The zero-order chi connectivity index (χ0) is 15.5. The van der Waals surface area contributed by atoms with Crippen molar-refractivity contribution in [3.63, 3.8) is 0 Å². The van der Waals surface area contributed by atoms with Crippen molar-refractivity contribution in [2.45, 2.75) is 32.3 Å². The number of hydrogen-bond acceptors (Lipinski definition) is 1. The second-order valence-electron chi connectivity index (χ2n) is 5.99. The van der Waals surface area contributed by atoms with Gasteiger partial charge in [-0.1, -0.05) is 74.5 Å². The first-order valence-corrected chi connectivity index (χ1v) is 7.95. The minimum atomic E-state index is -0.574. The van der Waals surface area contributed by atoms with Crippen LogP contribution in [0.4, 0.5) is 0 Å². The SMILES string of the molecule is CCC(C)c1ccc(C(O)c2ccc3ccccc3c2)cc1. The molecule has 0 heterocycles. The van der Waals surface area contributed by atoms with Crippen LogP contribution in [0.25, 0.3) is 10.8 Å². The third-order valence-electron chi connectivity index (χ3n) is 4.52. The van der Waals surface area contributed by atoms with E-state index in [0.29, 0.717) is 5.92 Å². The molecule has 0 amide bonds. The predicted molar refractivity (Wildman–Crippen MR) is 93.2 cm³/mol. The fourth-order valence-corrected chi connectivity index (χ4v) is 2.81. The minimum Gasteiger partial charge on any atom is -0.384 e. The van der Waals surface area contributed by atoms with Crippen LogP contribution in [-0.4, -0.2) is 5.11 Å². The number of aliphatic hydroxyl groups is 1. The molecule has 22 heavy (non-hydrogen) atoms. The Morgan fingerprint density at radius 1 is 0.773 bits per heavy atom. The molecule has 1 heteroatoms. The zero-order valence-corrected chi connectivity index (χ0v) is 13.2. The molecular weight excluding hydrogens is 268 g/mol. The minimum absolute atomic E-state index is 0.562. The lowest BCUT2D eigenvalue weighted by molar-refractivity contribution is 0.220. The standard InChI is InChI=1S/C21H22O/c1-3-15(2)16-8-11-18(12-9-16)21(22)20-13-10-17-6-4-5-7-19(17)14-20/h4-15,21-22H,3H2,1-2H3. The summed E-state index contributed by atoms with van der Waals surface area (Å²) in [5.74, 6) is 0.562. The maximum absolute atomic E-state index is 10.6. The molecule has 3 aromatic carbocycles. The van der Waals surface area contributed by atoms with Gasteiger partial charge in [-0.2, -0.15) is 0 Å². The van der Waals surface area contributed by atoms with E-state index in [2.05, 4.69) is 50.2 Å². The predicted octanol–water partition coefficient (Wildman–Crippen LogP) is 5.44. The van der Waals surface area contributed by atoms with Crippen LogP contribution in [0, 0.1) is 0 Å². The lowest BCUT2D eigenvalue weighted by atomic mass is 9.94. The zero-order valence-electron chi connectivity index (χ0n) is 13.2. The van der Waals surface area contributed by atoms with Crippen molar-refractivity contribution in [3.05, 3.63) is 83.4 Å². The molecule has 0 aliphatic heterocycles. The average molecular weight is 290 g/mol. The summed E-state index contributed by atoms with van der Waals surface area (Å²) in [6.07, 6.45) is 0.558. The third-order valence-corrected chi connectivity index (χ3v) is 4.52. The molecule has 0 fully saturated rings. The summed E-state index contributed by atoms with van der Waals surface area (Å²) in [6.45, 7) is 4.43. The Balaban J connectivity index is 1.89. The Kier molecular flexibility index (Phi) is 4.26. The van der Waals surface area contributed by atoms with Gasteiger partial charge in [-0.05, 0) is 45.9 Å². The summed E-state index contributed by atoms with van der Waals surface area (Å²) in [7, 11) is 0. The lowest BCUT2D eigenvalue weighted by Gasteiger charge is -2.14. The first kappa shape index (κ1) is 14.8. The van der Waals surface area contributed by atoms with Crippen molar-refractivity contribution in [2.75, 3.05) is 0 Å². The van der Waals surface area contributed by atoms with Gasteiger partial charge in [0.15, 0.2) is 0 Å². The van der Waals surface area contributed by atoms with Gasteiger partial charge in [-0.15, -0.1) is 0 Å². The van der Waals surface area contributed by atoms with Gasteiger partial charge in [-0.25, -0.2) is 0 Å². The molecular formula is C21H22O. The van der Waals surface area contributed by atoms with E-state index in [-0.39, 0.29) is 0 Å². The normalized spacial score (nSPS) is 14.0. The molecule has 1 nitrogen and oxygen atoms in total. The molecule has 3 rings (SSSR count). The topological polar surface area (TPSA) is 20.2 Å². The largest absolute Gasteiger partial charge is 0.384 e. The van der Waals surface area contributed by atoms with Crippen LogP contribution in [0.3, 0.4) is 0 Å². The summed E-state index contributed by atoms with van der Waals surface area (Å²) >= 11 is 0. The van der Waals surface area contributed by atoms with E-state index in [0.717, 1.165) is 22.9 Å². The van der Waals surface area contributed by atoms with Gasteiger partial charge in [0.2, 0.25) is 0 Å². The summed E-state index contributed by atoms with van der Waals surface area (Å²) in [4.78, 5) is 0. The van der Waals surface area contributed by atoms with Crippen LogP contribution in [-0.2, 0) is 0 Å². The van der Waals surface area contributed by atoms with Crippen molar-refractivity contribution in [2.24, 2.45) is 0 Å². The van der Waals surface area contributed by atoms with Gasteiger partial charge < -0.3 is 5.11 Å². The molecule has 0 aliphatic carbocycles. The van der Waals surface area contributed by atoms with E-state index >= 15 is 0 Å². The molecule has 0 radical (unpaired) electrons. The van der Waals surface area contributed by atoms with Crippen molar-refractivity contribution in [3.8, 4) is 0 Å². The fraction of sp³-hybridized carbons (Fsp3) is 0.238. The highest BCUT2D eigenvalue weighted by molar-refractivity contribution is 5.83. The van der Waals surface area contributed by atoms with E-state index in [1.54, 1.807) is 0 Å². The van der Waals surface area contributed by atoms with Gasteiger partial charge in [0.25, 0.3) is 0 Å². The molecule has 2 atom stereocenters. The number of benzene rings is 3. The van der Waals surface area contributed by atoms with Crippen molar-refractivity contribution >= 4 is 10.8 Å². The van der Waals surface area contributed by atoms with E-state index in [4.69, 9.17) is 0 Å². The van der Waals surface area contributed by atoms with Crippen molar-refractivity contribution in [1.82, 2.24) is 0 Å². The highest BCUT2D eigenvalue weighted by Crippen LogP contribution is 2.27. The van der Waals surface area contributed by atoms with Crippen LogP contribution in [0.5, 0.6) is 0 Å². The Labute approximate surface area is 132 Å². The van der Waals surface area contributed by atoms with Crippen molar-refractivity contribution in [1.29, 1.82) is 0 Å². The molecule has 0 aliphatic rings. The number of hydrogen-bond donors (Lipinski definition) is 1. The van der Waals surface area contributed by atoms with Crippen LogP contribution >= 0.6 is 0 Å². The van der Waals surface area contributed by atoms with E-state index in [9.17, 15) is 5.11 Å². The fourth-order valence-electron chi connectivity index (χ4n) is 2.81. The molecule has 0 aromatic heterocycles. The number of rotatable bonds is 4. The quantitative estimate of drug-likeness (QED) is 0.678. The summed E-state index contributed by atoms with van der Waals surface area (Å²) in [5, 5.41) is 13.0. The Hall–Kier alpha value is -2.12. The van der Waals surface area contributed by atoms with Gasteiger partial charge in [-0.3, -0.25) is 0 Å². The summed E-state index contributed by atoms with van der Waals surface area (Å²) in [6, 6.07) is 22.7. The monoisotopic (exact) mass is 290 g/mol. The Morgan fingerprint density at radius 2 is 1.36 bits per heavy atom. The number of aliphatic hydroxyl groups excluding tert-OH is 1. The number of fused-ring (bicyclic) bond motifs is 1. The maximum Gasteiger partial charge on any atom is 0.104 e. The first-order chi connectivity index (χ1) is 10.7. The summed E-state index contributed by atoms with van der Waals surface area (Å²) < 4.78 is 0. The van der Waals surface area contributed by atoms with E-state index in [1.165, 1.54) is 10.9 Å².